The van der Waals surface area contributed by atoms with Crippen molar-refractivity contribution in [3.05, 3.63) is 59.2 Å². The molecule has 1 amide bonds. The molecule has 0 aliphatic carbocycles. The van der Waals surface area contributed by atoms with Crippen LogP contribution in [0.5, 0.6) is 0 Å². The summed E-state index contributed by atoms with van der Waals surface area (Å²) in [7, 11) is -3.51. The van der Waals surface area contributed by atoms with Crippen molar-refractivity contribution in [3.8, 4) is 0 Å². The summed E-state index contributed by atoms with van der Waals surface area (Å²) in [6.07, 6.45) is 3.72. The van der Waals surface area contributed by atoms with Crippen molar-refractivity contribution in [2.45, 2.75) is 57.4 Å². The number of benzene rings is 2. The van der Waals surface area contributed by atoms with E-state index >= 15 is 0 Å². The topological polar surface area (TPSA) is 66.5 Å². The Morgan fingerprint density at radius 2 is 1.79 bits per heavy atom. The second-order valence-electron chi connectivity index (χ2n) is 7.45. The first-order chi connectivity index (χ1) is 13.3. The third-order valence-electron chi connectivity index (χ3n) is 5.53. The lowest BCUT2D eigenvalue weighted by Crippen LogP contribution is -2.43. The molecule has 0 radical (unpaired) electrons. The molecule has 6 heteroatoms. The number of carbonyl (C=O) groups is 1. The maximum absolute atomic E-state index is 13.0. The van der Waals surface area contributed by atoms with Crippen molar-refractivity contribution >= 4 is 21.6 Å². The molecule has 1 aliphatic rings. The van der Waals surface area contributed by atoms with E-state index in [1.165, 1.54) is 0 Å². The van der Waals surface area contributed by atoms with Crippen molar-refractivity contribution in [2.24, 2.45) is 0 Å². The standard InChI is InChI=1S/C22H28N2O3S/c1-4-20-7-5-6-14-24(20)28(26,27)21-12-10-19(11-13-21)23-22(25)18-9-8-16(2)17(3)15-18/h8-13,15,20H,4-7,14H2,1-3H3,(H,23,25). The van der Waals surface area contributed by atoms with Gasteiger partial charge in [0.1, 0.15) is 0 Å². The number of hydrogen-bond acceptors (Lipinski definition) is 3. The minimum absolute atomic E-state index is 0.0721. The van der Waals surface area contributed by atoms with Gasteiger partial charge in [-0.25, -0.2) is 8.42 Å². The number of amides is 1. The minimum Gasteiger partial charge on any atom is -0.322 e. The predicted octanol–water partition coefficient (Wildman–Crippen LogP) is 4.51. The van der Waals surface area contributed by atoms with Gasteiger partial charge in [-0.2, -0.15) is 4.31 Å². The highest BCUT2D eigenvalue weighted by Crippen LogP contribution is 2.27. The SMILES string of the molecule is CCC1CCCCN1S(=O)(=O)c1ccc(NC(=O)c2ccc(C)c(C)c2)cc1. The molecule has 1 saturated heterocycles. The zero-order valence-corrected chi connectivity index (χ0v) is 17.6. The molecule has 150 valence electrons. The maximum Gasteiger partial charge on any atom is 0.255 e. The second kappa shape index (κ2) is 8.45. The molecule has 2 aromatic carbocycles. The number of nitrogens with zero attached hydrogens (tertiary/aromatic N) is 1. The second-order valence-corrected chi connectivity index (χ2v) is 9.34. The number of nitrogens with one attached hydrogen (secondary N) is 1. The molecule has 5 nitrogen and oxygen atoms in total. The van der Waals surface area contributed by atoms with Crippen LogP contribution in [0, 0.1) is 13.8 Å². The van der Waals surface area contributed by atoms with Crippen LogP contribution in [0.4, 0.5) is 5.69 Å². The number of sulfonamides is 1. The zero-order valence-electron chi connectivity index (χ0n) is 16.7. The molecular weight excluding hydrogens is 372 g/mol. The van der Waals surface area contributed by atoms with E-state index in [1.54, 1.807) is 34.6 Å². The normalized spacial score (nSPS) is 18.0. The number of carbonyl (C=O) groups excluding carboxylic acids is 1. The summed E-state index contributed by atoms with van der Waals surface area (Å²) in [5, 5.41) is 2.84. The van der Waals surface area contributed by atoms with E-state index in [2.05, 4.69) is 5.32 Å². The van der Waals surface area contributed by atoms with Gasteiger partial charge in [0, 0.05) is 23.8 Å². The van der Waals surface area contributed by atoms with Crippen LogP contribution < -0.4 is 5.32 Å². The van der Waals surface area contributed by atoms with E-state index in [0.29, 0.717) is 17.8 Å². The largest absolute Gasteiger partial charge is 0.322 e. The van der Waals surface area contributed by atoms with Crippen molar-refractivity contribution in [3.63, 3.8) is 0 Å². The van der Waals surface area contributed by atoms with E-state index in [-0.39, 0.29) is 16.8 Å². The predicted molar refractivity (Wildman–Crippen MR) is 112 cm³/mol. The molecule has 1 fully saturated rings. The van der Waals surface area contributed by atoms with Crippen LogP contribution in [0.3, 0.4) is 0 Å². The van der Waals surface area contributed by atoms with E-state index < -0.39 is 10.0 Å². The summed E-state index contributed by atoms with van der Waals surface area (Å²) in [6.45, 7) is 6.58. The fraction of sp³-hybridized carbons (Fsp3) is 0.409. The highest BCUT2D eigenvalue weighted by molar-refractivity contribution is 7.89. The van der Waals surface area contributed by atoms with Gasteiger partial charge in [-0.15, -0.1) is 0 Å². The average Bonchev–Trinajstić information content (AvgIpc) is 2.70. The maximum atomic E-state index is 13.0. The number of anilines is 1. The van der Waals surface area contributed by atoms with Gasteiger partial charge < -0.3 is 5.32 Å². The summed E-state index contributed by atoms with van der Waals surface area (Å²) >= 11 is 0. The number of rotatable bonds is 5. The molecule has 1 aliphatic heterocycles. The van der Waals surface area contributed by atoms with E-state index in [1.807, 2.05) is 32.9 Å². The first-order valence-electron chi connectivity index (χ1n) is 9.83. The van der Waals surface area contributed by atoms with Crippen LogP contribution in [-0.2, 0) is 10.0 Å². The fourth-order valence-electron chi connectivity index (χ4n) is 3.63. The number of hydrogen-bond donors (Lipinski definition) is 1. The lowest BCUT2D eigenvalue weighted by molar-refractivity contribution is 0.102. The number of piperidine rings is 1. The molecule has 0 spiro atoms. The van der Waals surface area contributed by atoms with Crippen LogP contribution in [0.25, 0.3) is 0 Å². The van der Waals surface area contributed by atoms with E-state index in [9.17, 15) is 13.2 Å². The fourth-order valence-corrected chi connectivity index (χ4v) is 5.40. The van der Waals surface area contributed by atoms with Gasteiger partial charge in [0.05, 0.1) is 4.90 Å². The van der Waals surface area contributed by atoms with Gasteiger partial charge >= 0.3 is 0 Å². The molecule has 28 heavy (non-hydrogen) atoms. The quantitative estimate of drug-likeness (QED) is 0.803. The number of aryl methyl sites for hydroxylation is 2. The Morgan fingerprint density at radius 1 is 1.07 bits per heavy atom. The van der Waals surface area contributed by atoms with Gasteiger partial charge in [-0.05, 0) is 80.6 Å². The molecule has 1 unspecified atom stereocenters. The van der Waals surface area contributed by atoms with Crippen molar-refractivity contribution in [1.29, 1.82) is 0 Å². The first-order valence-corrected chi connectivity index (χ1v) is 11.3. The van der Waals surface area contributed by atoms with Crippen LogP contribution in [0.15, 0.2) is 47.4 Å². The van der Waals surface area contributed by atoms with Crippen molar-refractivity contribution < 1.29 is 13.2 Å². The lowest BCUT2D eigenvalue weighted by atomic mass is 10.0. The van der Waals surface area contributed by atoms with E-state index in [0.717, 1.165) is 36.8 Å². The average molecular weight is 401 g/mol. The summed E-state index contributed by atoms with van der Waals surface area (Å²) in [5.41, 5.74) is 3.35. The monoisotopic (exact) mass is 400 g/mol. The minimum atomic E-state index is -3.51. The molecule has 1 N–H and O–H groups in total. The molecule has 0 bridgehead atoms. The molecule has 3 rings (SSSR count). The molecule has 2 aromatic rings. The summed E-state index contributed by atoms with van der Waals surface area (Å²) in [5.74, 6) is -0.208. The summed E-state index contributed by atoms with van der Waals surface area (Å²) in [6, 6.07) is 12.1. The third-order valence-corrected chi connectivity index (χ3v) is 7.50. The molecule has 1 heterocycles. The molecular formula is C22H28N2O3S. The Morgan fingerprint density at radius 3 is 2.43 bits per heavy atom. The van der Waals surface area contributed by atoms with Crippen molar-refractivity contribution in [1.82, 2.24) is 4.31 Å². The van der Waals surface area contributed by atoms with Gasteiger partial charge in [0.25, 0.3) is 5.91 Å². The smallest absolute Gasteiger partial charge is 0.255 e. The molecule has 0 saturated carbocycles. The molecule has 0 aromatic heterocycles. The van der Waals surface area contributed by atoms with Gasteiger partial charge in [0.2, 0.25) is 10.0 Å². The van der Waals surface area contributed by atoms with Crippen LogP contribution in [0.1, 0.15) is 54.1 Å². The van der Waals surface area contributed by atoms with Crippen LogP contribution in [0.2, 0.25) is 0 Å². The molecule has 1 atom stereocenters. The Balaban J connectivity index is 1.75. The summed E-state index contributed by atoms with van der Waals surface area (Å²) < 4.78 is 27.7. The van der Waals surface area contributed by atoms with Gasteiger partial charge in [-0.3, -0.25) is 4.79 Å². The Kier molecular flexibility index (Phi) is 6.20. The van der Waals surface area contributed by atoms with Gasteiger partial charge in [0.15, 0.2) is 0 Å². The highest BCUT2D eigenvalue weighted by atomic mass is 32.2. The third kappa shape index (κ3) is 4.28. The Labute approximate surface area is 167 Å². The Bertz CT molecular complexity index is 952. The first kappa shape index (κ1) is 20.6. The summed E-state index contributed by atoms with van der Waals surface area (Å²) in [4.78, 5) is 12.7. The highest BCUT2D eigenvalue weighted by Gasteiger charge is 2.32. The van der Waals surface area contributed by atoms with Gasteiger partial charge in [-0.1, -0.05) is 19.4 Å². The lowest BCUT2D eigenvalue weighted by Gasteiger charge is -2.34. The van der Waals surface area contributed by atoms with Crippen LogP contribution >= 0.6 is 0 Å². The van der Waals surface area contributed by atoms with Crippen molar-refractivity contribution in [2.75, 3.05) is 11.9 Å². The zero-order chi connectivity index (χ0) is 20.3. The van der Waals surface area contributed by atoms with E-state index in [4.69, 9.17) is 0 Å². The Hall–Kier alpha value is -2.18. The van der Waals surface area contributed by atoms with Crippen LogP contribution in [-0.4, -0.2) is 31.2 Å².